The molecule has 1 heterocycles. The lowest BCUT2D eigenvalue weighted by Gasteiger charge is -2.31. The van der Waals surface area contributed by atoms with Gasteiger partial charge in [-0.3, -0.25) is 4.79 Å². The smallest absolute Gasteiger partial charge is 0.223 e. The zero-order valence-corrected chi connectivity index (χ0v) is 15.4. The van der Waals surface area contributed by atoms with E-state index in [9.17, 15) is 4.79 Å². The highest BCUT2D eigenvalue weighted by Crippen LogP contribution is 2.15. The molecule has 1 aromatic rings. The molecular weight excluding hydrogens is 284 g/mol. The Morgan fingerprint density at radius 1 is 1.17 bits per heavy atom. The van der Waals surface area contributed by atoms with E-state index in [1.165, 1.54) is 11.1 Å². The summed E-state index contributed by atoms with van der Waals surface area (Å²) in [6.07, 6.45) is 2.00. The van der Waals surface area contributed by atoms with Crippen LogP contribution in [-0.2, 0) is 11.3 Å². The van der Waals surface area contributed by atoms with E-state index in [0.29, 0.717) is 5.92 Å². The fourth-order valence-electron chi connectivity index (χ4n) is 3.25. The molecule has 1 aliphatic rings. The molecular formula is C20H33N2O+. The molecule has 3 heteroatoms. The molecule has 0 saturated carbocycles. The largest absolute Gasteiger partial charge is 0.351 e. The molecule has 2 N–H and O–H groups in total. The number of carbonyl (C=O) groups is 1. The number of hydrogen-bond donors (Lipinski definition) is 2. The van der Waals surface area contributed by atoms with Crippen LogP contribution in [0, 0.1) is 5.92 Å². The van der Waals surface area contributed by atoms with E-state index in [4.69, 9.17) is 0 Å². The van der Waals surface area contributed by atoms with Gasteiger partial charge >= 0.3 is 0 Å². The zero-order chi connectivity index (χ0) is 17.0. The Labute approximate surface area is 141 Å². The molecule has 23 heavy (non-hydrogen) atoms. The minimum Gasteiger partial charge on any atom is -0.351 e. The minimum absolute atomic E-state index is 0.126. The van der Waals surface area contributed by atoms with E-state index in [-0.39, 0.29) is 17.4 Å². The Bertz CT molecular complexity index is 505. The van der Waals surface area contributed by atoms with Crippen LogP contribution in [0.5, 0.6) is 0 Å². The van der Waals surface area contributed by atoms with Gasteiger partial charge in [-0.25, -0.2) is 0 Å². The molecule has 0 bridgehead atoms. The van der Waals surface area contributed by atoms with Crippen molar-refractivity contribution in [2.24, 2.45) is 5.92 Å². The van der Waals surface area contributed by atoms with E-state index in [2.05, 4.69) is 43.4 Å². The van der Waals surface area contributed by atoms with Crippen molar-refractivity contribution < 1.29 is 9.69 Å². The van der Waals surface area contributed by atoms with E-state index < -0.39 is 0 Å². The number of rotatable bonds is 4. The molecule has 1 amide bonds. The average molecular weight is 317 g/mol. The molecule has 128 valence electrons. The highest BCUT2D eigenvalue weighted by molar-refractivity contribution is 5.79. The van der Waals surface area contributed by atoms with Crippen LogP contribution < -0.4 is 10.2 Å². The van der Waals surface area contributed by atoms with Crippen LogP contribution in [-0.4, -0.2) is 24.5 Å². The Morgan fingerprint density at radius 2 is 1.74 bits per heavy atom. The van der Waals surface area contributed by atoms with Crippen molar-refractivity contribution in [3.05, 3.63) is 35.4 Å². The van der Waals surface area contributed by atoms with Crippen molar-refractivity contribution in [1.82, 2.24) is 5.32 Å². The fraction of sp³-hybridized carbons (Fsp3) is 0.650. The lowest BCUT2D eigenvalue weighted by atomic mass is 9.94. The van der Waals surface area contributed by atoms with Crippen molar-refractivity contribution >= 4 is 5.91 Å². The van der Waals surface area contributed by atoms with Crippen molar-refractivity contribution in [1.29, 1.82) is 0 Å². The van der Waals surface area contributed by atoms with Gasteiger partial charge in [-0.2, -0.15) is 0 Å². The van der Waals surface area contributed by atoms with Crippen molar-refractivity contribution in [2.75, 3.05) is 13.1 Å². The Balaban J connectivity index is 1.81. The molecule has 0 atom stereocenters. The molecule has 2 rings (SSSR count). The lowest BCUT2D eigenvalue weighted by molar-refractivity contribution is -0.919. The average Bonchev–Trinajstić information content (AvgIpc) is 2.46. The van der Waals surface area contributed by atoms with Crippen LogP contribution in [0.15, 0.2) is 24.3 Å². The van der Waals surface area contributed by atoms with Gasteiger partial charge in [0.2, 0.25) is 5.91 Å². The second-order valence-electron chi connectivity index (χ2n) is 8.34. The first-order valence-corrected chi connectivity index (χ1v) is 8.99. The van der Waals surface area contributed by atoms with Crippen LogP contribution in [0.25, 0.3) is 0 Å². The summed E-state index contributed by atoms with van der Waals surface area (Å²) in [4.78, 5) is 13.9. The summed E-state index contributed by atoms with van der Waals surface area (Å²) in [5, 5.41) is 3.12. The number of nitrogens with one attached hydrogen (secondary N) is 2. The third-order valence-corrected chi connectivity index (χ3v) is 4.66. The normalized spacial score (nSPS) is 22.2. The maximum absolute atomic E-state index is 12.3. The number of likely N-dealkylation sites (tertiary alicyclic amines) is 1. The van der Waals surface area contributed by atoms with Crippen molar-refractivity contribution in [2.45, 2.75) is 65.5 Å². The van der Waals surface area contributed by atoms with E-state index in [1.54, 1.807) is 4.90 Å². The predicted octanol–water partition coefficient (Wildman–Crippen LogP) is 2.52. The SMILES string of the molecule is CC(C)c1ccc(C[NH+]2CCC(C(=O)NC(C)(C)C)CC2)cc1. The van der Waals surface area contributed by atoms with Gasteiger partial charge in [0.15, 0.2) is 0 Å². The topological polar surface area (TPSA) is 33.5 Å². The van der Waals surface area contributed by atoms with Crippen LogP contribution in [0.2, 0.25) is 0 Å². The number of amides is 1. The number of quaternary nitrogens is 1. The molecule has 0 aromatic heterocycles. The van der Waals surface area contributed by atoms with Crippen molar-refractivity contribution in [3.8, 4) is 0 Å². The van der Waals surface area contributed by atoms with Gasteiger partial charge in [-0.05, 0) is 32.3 Å². The van der Waals surface area contributed by atoms with Gasteiger partial charge in [-0.15, -0.1) is 0 Å². The van der Waals surface area contributed by atoms with Gasteiger partial charge in [0.05, 0.1) is 13.1 Å². The first-order valence-electron chi connectivity index (χ1n) is 8.99. The molecule has 0 spiro atoms. The van der Waals surface area contributed by atoms with Gasteiger partial charge < -0.3 is 10.2 Å². The van der Waals surface area contributed by atoms with Crippen LogP contribution >= 0.6 is 0 Å². The molecule has 0 aliphatic carbocycles. The Morgan fingerprint density at radius 3 is 2.22 bits per heavy atom. The molecule has 0 radical (unpaired) electrons. The van der Waals surface area contributed by atoms with Crippen LogP contribution in [0.1, 0.15) is 64.5 Å². The van der Waals surface area contributed by atoms with E-state index in [0.717, 1.165) is 32.5 Å². The number of hydrogen-bond acceptors (Lipinski definition) is 1. The summed E-state index contributed by atoms with van der Waals surface area (Å²) in [5.41, 5.74) is 2.68. The standard InChI is InChI=1S/C20H32N2O/c1-15(2)17-8-6-16(7-9-17)14-22-12-10-18(11-13-22)19(23)21-20(3,4)5/h6-9,15,18H,10-14H2,1-5H3,(H,21,23)/p+1. The van der Waals surface area contributed by atoms with Gasteiger partial charge in [-0.1, -0.05) is 38.1 Å². The third kappa shape index (κ3) is 5.65. The monoisotopic (exact) mass is 317 g/mol. The molecule has 1 aromatic carbocycles. The first-order chi connectivity index (χ1) is 10.7. The maximum Gasteiger partial charge on any atom is 0.223 e. The van der Waals surface area contributed by atoms with E-state index in [1.807, 2.05) is 20.8 Å². The van der Waals surface area contributed by atoms with Crippen LogP contribution in [0.4, 0.5) is 0 Å². The summed E-state index contributed by atoms with van der Waals surface area (Å²) in [6.45, 7) is 13.9. The summed E-state index contributed by atoms with van der Waals surface area (Å²) in [6, 6.07) is 9.04. The first kappa shape index (κ1) is 18.0. The van der Waals surface area contributed by atoms with Gasteiger partial charge in [0, 0.05) is 29.9 Å². The Hall–Kier alpha value is -1.35. The van der Waals surface area contributed by atoms with E-state index >= 15 is 0 Å². The maximum atomic E-state index is 12.3. The van der Waals surface area contributed by atoms with Crippen molar-refractivity contribution in [3.63, 3.8) is 0 Å². The second kappa shape index (κ2) is 7.48. The summed E-state index contributed by atoms with van der Waals surface area (Å²) in [7, 11) is 0. The Kier molecular flexibility index (Phi) is 5.85. The molecule has 3 nitrogen and oxygen atoms in total. The number of carbonyl (C=O) groups excluding carboxylic acids is 1. The van der Waals surface area contributed by atoms with Gasteiger partial charge in [0.1, 0.15) is 6.54 Å². The fourth-order valence-corrected chi connectivity index (χ4v) is 3.25. The summed E-state index contributed by atoms with van der Waals surface area (Å²) >= 11 is 0. The minimum atomic E-state index is -0.126. The predicted molar refractivity (Wildman–Crippen MR) is 95.6 cm³/mol. The van der Waals surface area contributed by atoms with Crippen LogP contribution in [0.3, 0.4) is 0 Å². The second-order valence-corrected chi connectivity index (χ2v) is 8.34. The molecule has 1 saturated heterocycles. The highest BCUT2D eigenvalue weighted by atomic mass is 16.2. The molecule has 0 unspecified atom stereocenters. The lowest BCUT2D eigenvalue weighted by Crippen LogP contribution is -3.11. The van der Waals surface area contributed by atoms with Gasteiger partial charge in [0.25, 0.3) is 0 Å². The number of benzene rings is 1. The molecule has 1 fully saturated rings. The molecule has 1 aliphatic heterocycles. The summed E-state index contributed by atoms with van der Waals surface area (Å²) in [5.74, 6) is 1.02. The number of piperidine rings is 1. The highest BCUT2D eigenvalue weighted by Gasteiger charge is 2.29. The summed E-state index contributed by atoms with van der Waals surface area (Å²) < 4.78 is 0. The zero-order valence-electron chi connectivity index (χ0n) is 15.4. The quantitative estimate of drug-likeness (QED) is 0.879. The third-order valence-electron chi connectivity index (χ3n) is 4.66.